The highest BCUT2D eigenvalue weighted by Gasteiger charge is 2.34. The first kappa shape index (κ1) is 22.6. The van der Waals surface area contributed by atoms with Crippen molar-refractivity contribution in [3.05, 3.63) is 41.5 Å². The van der Waals surface area contributed by atoms with E-state index in [2.05, 4.69) is 32.2 Å². The zero-order valence-corrected chi connectivity index (χ0v) is 17.1. The van der Waals surface area contributed by atoms with Gasteiger partial charge in [-0.1, -0.05) is 29.4 Å². The van der Waals surface area contributed by atoms with Gasteiger partial charge < -0.3 is 24.6 Å². The summed E-state index contributed by atoms with van der Waals surface area (Å²) in [4.78, 5) is 11.1. The third-order valence-electron chi connectivity index (χ3n) is 3.58. The molecule has 6 heteroatoms. The third kappa shape index (κ3) is 8.17. The fraction of sp³-hybridized carbons (Fsp3) is 0.476. The lowest BCUT2D eigenvalue weighted by Crippen LogP contribution is -2.30. The zero-order chi connectivity index (χ0) is 20.4. The van der Waals surface area contributed by atoms with E-state index in [1.807, 2.05) is 6.08 Å². The van der Waals surface area contributed by atoms with Crippen LogP contribution in [-0.2, 0) is 0 Å². The maximum atomic E-state index is 11.1. The van der Waals surface area contributed by atoms with Gasteiger partial charge in [0.15, 0.2) is 11.5 Å². The Morgan fingerprint density at radius 2 is 1.93 bits per heavy atom. The summed E-state index contributed by atoms with van der Waals surface area (Å²) in [6.07, 6.45) is 5.69. The molecule has 2 N–H and O–H groups in total. The van der Waals surface area contributed by atoms with Crippen LogP contribution in [-0.4, -0.2) is 30.6 Å². The average Bonchev–Trinajstić information content (AvgIpc) is 2.90. The first-order valence-electron chi connectivity index (χ1n) is 8.99. The fourth-order valence-corrected chi connectivity index (χ4v) is 2.29. The van der Waals surface area contributed by atoms with E-state index >= 15 is 0 Å². The molecule has 0 spiro atoms. The number of allylic oxidation sites excluding steroid dienone is 3. The first-order chi connectivity index (χ1) is 12.7. The first-order valence-corrected chi connectivity index (χ1v) is 8.99. The number of para-hydroxylation sites is 1. The highest BCUT2D eigenvalue weighted by atomic mass is 16.7. The highest BCUT2D eigenvalue weighted by molar-refractivity contribution is 5.72. The van der Waals surface area contributed by atoms with Crippen LogP contribution in [0.15, 0.2) is 41.5 Å². The van der Waals surface area contributed by atoms with Crippen LogP contribution in [0.5, 0.6) is 17.2 Å². The molecule has 0 saturated carbocycles. The molecule has 0 fully saturated rings. The second-order valence-electron chi connectivity index (χ2n) is 6.88. The molecule has 0 bridgehead atoms. The molecular weight excluding hydrogens is 346 g/mol. The molecule has 0 aliphatic carbocycles. The quantitative estimate of drug-likeness (QED) is 0.734. The lowest BCUT2D eigenvalue weighted by molar-refractivity contribution is -0.0438. The molecule has 1 amide bonds. The van der Waals surface area contributed by atoms with E-state index in [1.165, 1.54) is 18.2 Å². The number of carbonyl (C=O) groups is 1. The Morgan fingerprint density at radius 3 is 2.52 bits per heavy atom. The van der Waals surface area contributed by atoms with E-state index in [0.717, 1.165) is 12.8 Å². The van der Waals surface area contributed by atoms with E-state index < -0.39 is 11.9 Å². The van der Waals surface area contributed by atoms with Crippen LogP contribution in [0.25, 0.3) is 0 Å². The lowest BCUT2D eigenvalue weighted by atomic mass is 10.1. The molecular formula is C21H31NO5. The summed E-state index contributed by atoms with van der Waals surface area (Å²) >= 11 is 0. The molecule has 1 aliphatic heterocycles. The van der Waals surface area contributed by atoms with Crippen LogP contribution in [0.2, 0.25) is 0 Å². The topological polar surface area (TPSA) is 77.0 Å². The van der Waals surface area contributed by atoms with Crippen LogP contribution < -0.4 is 19.5 Å². The van der Waals surface area contributed by atoms with E-state index in [4.69, 9.17) is 19.3 Å². The molecule has 1 aliphatic rings. The van der Waals surface area contributed by atoms with Gasteiger partial charge >= 0.3 is 6.09 Å². The highest BCUT2D eigenvalue weighted by Crippen LogP contribution is 2.45. The molecule has 6 nitrogen and oxygen atoms in total. The number of carbonyl (C=O) groups excluding carboxylic acids is 1. The summed E-state index contributed by atoms with van der Waals surface area (Å²) in [5.41, 5.74) is 2.63. The summed E-state index contributed by atoms with van der Waals surface area (Å²) in [7, 11) is 1.49. The monoisotopic (exact) mass is 377 g/mol. The summed E-state index contributed by atoms with van der Waals surface area (Å²) in [6, 6.07) is 5.15. The Bertz CT molecular complexity index is 688. The molecule has 1 aromatic rings. The van der Waals surface area contributed by atoms with Crippen molar-refractivity contribution in [1.82, 2.24) is 5.32 Å². The number of rotatable bonds is 5. The number of hydrogen-bond acceptors (Lipinski definition) is 5. The van der Waals surface area contributed by atoms with Gasteiger partial charge in [-0.2, -0.15) is 0 Å². The zero-order valence-electron chi connectivity index (χ0n) is 17.1. The number of ether oxygens (including phenoxy) is 3. The van der Waals surface area contributed by atoms with Gasteiger partial charge in [0.2, 0.25) is 11.5 Å². The molecule has 1 heterocycles. The van der Waals surface area contributed by atoms with Crippen molar-refractivity contribution in [2.75, 3.05) is 13.7 Å². The van der Waals surface area contributed by atoms with Gasteiger partial charge in [0.05, 0.1) is 6.61 Å². The van der Waals surface area contributed by atoms with Gasteiger partial charge in [-0.15, -0.1) is 0 Å². The second-order valence-corrected chi connectivity index (χ2v) is 6.88. The Balaban J connectivity index is 0.000000293. The van der Waals surface area contributed by atoms with Crippen LogP contribution in [0.4, 0.5) is 4.79 Å². The van der Waals surface area contributed by atoms with Crippen LogP contribution >= 0.6 is 0 Å². The maximum absolute atomic E-state index is 11.1. The van der Waals surface area contributed by atoms with E-state index in [-0.39, 0.29) is 6.61 Å². The number of aliphatic hydroxyl groups excluding tert-OH is 1. The van der Waals surface area contributed by atoms with Gasteiger partial charge in [0.1, 0.15) is 0 Å². The van der Waals surface area contributed by atoms with E-state index in [1.54, 1.807) is 32.0 Å². The van der Waals surface area contributed by atoms with Crippen molar-refractivity contribution in [1.29, 1.82) is 0 Å². The predicted octanol–water partition coefficient (Wildman–Crippen LogP) is 4.58. The normalized spacial score (nSPS) is 14.0. The minimum absolute atomic E-state index is 0.167. The Kier molecular flexibility index (Phi) is 8.88. The molecule has 0 atom stereocenters. The van der Waals surface area contributed by atoms with Gasteiger partial charge in [0, 0.05) is 20.9 Å². The SMILES string of the molecule is CC(C)=CCC/C(C)=C/CO.CNC(=O)Oc1cccc2c1OC(C)(C)O2. The van der Waals surface area contributed by atoms with Crippen molar-refractivity contribution in [3.63, 3.8) is 0 Å². The molecule has 0 radical (unpaired) electrons. The van der Waals surface area contributed by atoms with Crippen LogP contribution in [0, 0.1) is 0 Å². The number of hydrogen-bond donors (Lipinski definition) is 2. The van der Waals surface area contributed by atoms with Crippen molar-refractivity contribution >= 4 is 6.09 Å². The molecule has 0 aromatic heterocycles. The minimum atomic E-state index is -0.732. The number of fused-ring (bicyclic) bond motifs is 1. The Hall–Kier alpha value is -2.47. The van der Waals surface area contributed by atoms with Gasteiger partial charge in [0.25, 0.3) is 0 Å². The maximum Gasteiger partial charge on any atom is 0.412 e. The molecule has 1 aromatic carbocycles. The Labute approximate surface area is 161 Å². The van der Waals surface area contributed by atoms with E-state index in [0.29, 0.717) is 17.2 Å². The number of amides is 1. The fourth-order valence-electron chi connectivity index (χ4n) is 2.29. The lowest BCUT2D eigenvalue weighted by Gasteiger charge is -2.16. The van der Waals surface area contributed by atoms with Crippen molar-refractivity contribution in [3.8, 4) is 17.2 Å². The minimum Gasteiger partial charge on any atom is -0.449 e. The van der Waals surface area contributed by atoms with Crippen molar-refractivity contribution in [2.45, 2.75) is 53.2 Å². The summed E-state index contributed by atoms with van der Waals surface area (Å²) < 4.78 is 16.1. The number of aliphatic hydroxyl groups is 1. The predicted molar refractivity (Wildman–Crippen MR) is 106 cm³/mol. The third-order valence-corrected chi connectivity index (χ3v) is 3.58. The van der Waals surface area contributed by atoms with E-state index in [9.17, 15) is 4.79 Å². The summed E-state index contributed by atoms with van der Waals surface area (Å²) in [5, 5.41) is 10.9. The molecule has 0 unspecified atom stereocenters. The average molecular weight is 377 g/mol. The van der Waals surface area contributed by atoms with Crippen molar-refractivity contribution < 1.29 is 24.1 Å². The standard InChI is InChI=1S/C11H13NO4.C10H18O/c1-11(2)15-8-6-4-5-7(9(8)16-11)14-10(13)12-3;1-9(2)5-4-6-10(3)7-8-11/h4-6H,1-3H3,(H,12,13);5,7,11H,4,6,8H2,1-3H3/b;10-7+. The van der Waals surface area contributed by atoms with Crippen LogP contribution in [0.1, 0.15) is 47.5 Å². The van der Waals surface area contributed by atoms with Gasteiger partial charge in [-0.05, 0) is 45.7 Å². The molecule has 150 valence electrons. The number of benzene rings is 1. The Morgan fingerprint density at radius 1 is 1.22 bits per heavy atom. The molecule has 0 saturated heterocycles. The van der Waals surface area contributed by atoms with Gasteiger partial charge in [-0.3, -0.25) is 0 Å². The number of nitrogens with one attached hydrogen (secondary N) is 1. The van der Waals surface area contributed by atoms with Crippen LogP contribution in [0.3, 0.4) is 0 Å². The second kappa shape index (κ2) is 10.6. The van der Waals surface area contributed by atoms with Crippen molar-refractivity contribution in [2.24, 2.45) is 0 Å². The smallest absolute Gasteiger partial charge is 0.412 e. The molecule has 2 rings (SSSR count). The summed E-state index contributed by atoms with van der Waals surface area (Å²) in [5.74, 6) is 0.648. The largest absolute Gasteiger partial charge is 0.449 e. The molecule has 27 heavy (non-hydrogen) atoms. The van der Waals surface area contributed by atoms with Gasteiger partial charge in [-0.25, -0.2) is 4.79 Å². The summed E-state index contributed by atoms with van der Waals surface area (Å²) in [6.45, 7) is 10.00.